The topological polar surface area (TPSA) is 84.9 Å². The highest BCUT2D eigenvalue weighted by atomic mass is 32.2. The molecule has 1 aliphatic heterocycles. The molecule has 1 aromatic rings. The summed E-state index contributed by atoms with van der Waals surface area (Å²) in [7, 11) is -1.88. The van der Waals surface area contributed by atoms with E-state index in [1.807, 2.05) is 20.8 Å². The van der Waals surface area contributed by atoms with Crippen molar-refractivity contribution in [2.24, 2.45) is 5.92 Å². The van der Waals surface area contributed by atoms with Crippen LogP contribution in [0.2, 0.25) is 0 Å². The summed E-state index contributed by atoms with van der Waals surface area (Å²) < 4.78 is 37.9. The summed E-state index contributed by atoms with van der Waals surface area (Å²) in [5.74, 6) is 0.685. The Morgan fingerprint density at radius 1 is 1.26 bits per heavy atom. The Hall–Kier alpha value is -1.80. The van der Waals surface area contributed by atoms with Gasteiger partial charge < -0.3 is 14.4 Å². The smallest absolute Gasteiger partial charge is 0.410 e. The fourth-order valence-electron chi connectivity index (χ4n) is 2.96. The number of nitrogens with one attached hydrogen (secondary N) is 1. The van der Waals surface area contributed by atoms with Gasteiger partial charge in [0.1, 0.15) is 11.4 Å². The SMILES string of the molecule is COc1ccc(CS(=O)(=O)NC[C@@H]2CCCN(C(=O)OC(C)(C)C)C2)cc1. The first kappa shape index (κ1) is 21.5. The summed E-state index contributed by atoms with van der Waals surface area (Å²) in [5, 5.41) is 0. The number of carbonyl (C=O) groups excluding carboxylic acids is 1. The van der Waals surface area contributed by atoms with Gasteiger partial charge in [-0.1, -0.05) is 12.1 Å². The van der Waals surface area contributed by atoms with Crippen LogP contribution >= 0.6 is 0 Å². The number of sulfonamides is 1. The Kier molecular flexibility index (Phi) is 7.11. The Morgan fingerprint density at radius 2 is 1.93 bits per heavy atom. The maximum absolute atomic E-state index is 12.4. The first-order chi connectivity index (χ1) is 12.6. The normalized spacial score (nSPS) is 18.2. The van der Waals surface area contributed by atoms with E-state index in [-0.39, 0.29) is 17.8 Å². The van der Waals surface area contributed by atoms with Crippen LogP contribution in [-0.4, -0.2) is 51.8 Å². The summed E-state index contributed by atoms with van der Waals surface area (Å²) in [6.45, 7) is 6.96. The van der Waals surface area contributed by atoms with Crippen molar-refractivity contribution in [3.63, 3.8) is 0 Å². The molecule has 0 saturated carbocycles. The van der Waals surface area contributed by atoms with Crippen molar-refractivity contribution in [3.8, 4) is 5.75 Å². The maximum atomic E-state index is 12.4. The number of piperidine rings is 1. The predicted octanol–water partition coefficient (Wildman–Crippen LogP) is 2.76. The minimum absolute atomic E-state index is 0.0805. The minimum Gasteiger partial charge on any atom is -0.497 e. The summed E-state index contributed by atoms with van der Waals surface area (Å²) >= 11 is 0. The van der Waals surface area contributed by atoms with Gasteiger partial charge in [0, 0.05) is 19.6 Å². The van der Waals surface area contributed by atoms with Crippen LogP contribution in [0.1, 0.15) is 39.2 Å². The number of carbonyl (C=O) groups is 1. The highest BCUT2D eigenvalue weighted by Crippen LogP contribution is 2.19. The third kappa shape index (κ3) is 7.38. The first-order valence-corrected chi connectivity index (χ1v) is 10.8. The lowest BCUT2D eigenvalue weighted by atomic mass is 9.99. The summed E-state index contributed by atoms with van der Waals surface area (Å²) in [6.07, 6.45) is 1.38. The van der Waals surface area contributed by atoms with Crippen molar-refractivity contribution in [3.05, 3.63) is 29.8 Å². The van der Waals surface area contributed by atoms with E-state index in [0.29, 0.717) is 30.9 Å². The number of rotatable bonds is 6. The summed E-state index contributed by atoms with van der Waals surface area (Å²) in [6, 6.07) is 6.96. The van der Waals surface area contributed by atoms with Gasteiger partial charge in [-0.25, -0.2) is 17.9 Å². The Labute approximate surface area is 162 Å². The molecule has 8 heteroatoms. The first-order valence-electron chi connectivity index (χ1n) is 9.16. The average Bonchev–Trinajstić information content (AvgIpc) is 2.59. The van der Waals surface area contributed by atoms with Crippen LogP contribution in [0.5, 0.6) is 5.75 Å². The van der Waals surface area contributed by atoms with Gasteiger partial charge >= 0.3 is 6.09 Å². The van der Waals surface area contributed by atoms with Crippen LogP contribution in [-0.2, 0) is 20.5 Å². The molecule has 1 saturated heterocycles. The second kappa shape index (κ2) is 8.93. The van der Waals surface area contributed by atoms with Gasteiger partial charge in [0.15, 0.2) is 0 Å². The number of ether oxygens (including phenoxy) is 2. The molecule has 1 aliphatic rings. The molecule has 1 amide bonds. The van der Waals surface area contributed by atoms with Crippen LogP contribution in [0, 0.1) is 5.92 Å². The van der Waals surface area contributed by atoms with Crippen molar-refractivity contribution in [1.82, 2.24) is 9.62 Å². The number of benzene rings is 1. The molecule has 1 fully saturated rings. The fraction of sp³-hybridized carbons (Fsp3) is 0.632. The number of hydrogen-bond donors (Lipinski definition) is 1. The van der Waals surface area contributed by atoms with Crippen molar-refractivity contribution in [1.29, 1.82) is 0 Å². The van der Waals surface area contributed by atoms with Gasteiger partial charge in [-0.15, -0.1) is 0 Å². The van der Waals surface area contributed by atoms with Crippen LogP contribution in [0.15, 0.2) is 24.3 Å². The zero-order chi connectivity index (χ0) is 20.1. The van der Waals surface area contributed by atoms with Crippen molar-refractivity contribution < 1.29 is 22.7 Å². The van der Waals surface area contributed by atoms with E-state index >= 15 is 0 Å². The molecule has 0 radical (unpaired) electrons. The second-order valence-corrected chi connectivity index (χ2v) is 9.70. The van der Waals surface area contributed by atoms with Crippen LogP contribution in [0.25, 0.3) is 0 Å². The van der Waals surface area contributed by atoms with E-state index in [1.54, 1.807) is 36.3 Å². The molecule has 0 bridgehead atoms. The van der Waals surface area contributed by atoms with Gasteiger partial charge in [-0.05, 0) is 57.2 Å². The standard InChI is InChI=1S/C19H30N2O5S/c1-19(2,3)26-18(22)21-11-5-6-16(13-21)12-20-27(23,24)14-15-7-9-17(25-4)10-8-15/h7-10,16,20H,5-6,11-14H2,1-4H3/t16-/m0/s1. The lowest BCUT2D eigenvalue weighted by Crippen LogP contribution is -2.45. The van der Waals surface area contributed by atoms with Gasteiger partial charge in [0.25, 0.3) is 0 Å². The number of nitrogens with zero attached hydrogens (tertiary/aromatic N) is 1. The molecular weight excluding hydrogens is 368 g/mol. The van der Waals surface area contributed by atoms with Crippen LogP contribution in [0.4, 0.5) is 4.79 Å². The van der Waals surface area contributed by atoms with Crippen LogP contribution < -0.4 is 9.46 Å². The molecule has 1 aromatic carbocycles. The molecule has 1 N–H and O–H groups in total. The van der Waals surface area contributed by atoms with E-state index in [0.717, 1.165) is 12.8 Å². The molecular formula is C19H30N2O5S. The van der Waals surface area contributed by atoms with E-state index in [1.165, 1.54) is 0 Å². The van der Waals surface area contributed by atoms with Gasteiger partial charge in [0.05, 0.1) is 12.9 Å². The van der Waals surface area contributed by atoms with E-state index in [9.17, 15) is 13.2 Å². The maximum Gasteiger partial charge on any atom is 0.410 e. The Morgan fingerprint density at radius 3 is 2.52 bits per heavy atom. The molecule has 0 aliphatic carbocycles. The molecule has 2 rings (SSSR count). The van der Waals surface area contributed by atoms with Crippen LogP contribution in [0.3, 0.4) is 0 Å². The van der Waals surface area contributed by atoms with E-state index in [2.05, 4.69) is 4.72 Å². The molecule has 1 atom stereocenters. The third-order valence-electron chi connectivity index (χ3n) is 4.28. The van der Waals surface area contributed by atoms with Crippen molar-refractivity contribution >= 4 is 16.1 Å². The lowest BCUT2D eigenvalue weighted by molar-refractivity contribution is 0.0169. The average molecular weight is 399 g/mol. The number of methoxy groups -OCH3 is 1. The molecule has 0 unspecified atom stereocenters. The zero-order valence-corrected chi connectivity index (χ0v) is 17.3. The highest BCUT2D eigenvalue weighted by molar-refractivity contribution is 7.88. The number of amides is 1. The molecule has 152 valence electrons. The molecule has 27 heavy (non-hydrogen) atoms. The quantitative estimate of drug-likeness (QED) is 0.796. The highest BCUT2D eigenvalue weighted by Gasteiger charge is 2.28. The molecule has 7 nitrogen and oxygen atoms in total. The van der Waals surface area contributed by atoms with Crippen molar-refractivity contribution in [2.45, 2.75) is 45.0 Å². The zero-order valence-electron chi connectivity index (χ0n) is 16.5. The van der Waals surface area contributed by atoms with Gasteiger partial charge in [-0.2, -0.15) is 0 Å². The number of hydrogen-bond acceptors (Lipinski definition) is 5. The Bertz CT molecular complexity index is 725. The molecule has 0 spiro atoms. The third-order valence-corrected chi connectivity index (χ3v) is 5.60. The largest absolute Gasteiger partial charge is 0.497 e. The molecule has 0 aromatic heterocycles. The number of likely N-dealkylation sites (tertiary alicyclic amines) is 1. The van der Waals surface area contributed by atoms with Gasteiger partial charge in [0.2, 0.25) is 10.0 Å². The van der Waals surface area contributed by atoms with Gasteiger partial charge in [-0.3, -0.25) is 0 Å². The summed E-state index contributed by atoms with van der Waals surface area (Å²) in [5.41, 5.74) is 0.159. The lowest BCUT2D eigenvalue weighted by Gasteiger charge is -2.34. The second-order valence-electron chi connectivity index (χ2n) is 7.89. The fourth-order valence-corrected chi connectivity index (χ4v) is 4.18. The monoisotopic (exact) mass is 398 g/mol. The minimum atomic E-state index is -3.45. The van der Waals surface area contributed by atoms with E-state index < -0.39 is 15.6 Å². The Balaban J connectivity index is 1.85. The summed E-state index contributed by atoms with van der Waals surface area (Å²) in [4.78, 5) is 13.9. The van der Waals surface area contributed by atoms with Crippen molar-refractivity contribution in [2.75, 3.05) is 26.7 Å². The molecule has 1 heterocycles. The van der Waals surface area contributed by atoms with E-state index in [4.69, 9.17) is 9.47 Å². The predicted molar refractivity (Wildman–Crippen MR) is 104 cm³/mol.